The minimum Gasteiger partial charge on any atom is -0.373 e. The van der Waals surface area contributed by atoms with Crippen molar-refractivity contribution in [3.05, 3.63) is 46.8 Å². The lowest BCUT2D eigenvalue weighted by Crippen LogP contribution is -2.53. The molecular formula is C22H26N2O. The standard InChI is InChI=1S/C22H26N2O/c1-13-12-23-10-9-14(13)17-11-18-19(16-8-6-7-15(16)17)24-22(4,5)20(25)21(18,2)3/h9-12,24H,6-8H2,1-5H3. The van der Waals surface area contributed by atoms with E-state index >= 15 is 0 Å². The third-order valence-corrected chi connectivity index (χ3v) is 5.96. The quantitative estimate of drug-likeness (QED) is 0.829. The Morgan fingerprint density at radius 1 is 1.08 bits per heavy atom. The second-order valence-electron chi connectivity index (χ2n) is 8.55. The number of carbonyl (C=O) groups excluding carboxylic acids is 1. The number of nitrogens with one attached hydrogen (secondary N) is 1. The Balaban J connectivity index is 2.04. The van der Waals surface area contributed by atoms with E-state index in [-0.39, 0.29) is 5.78 Å². The van der Waals surface area contributed by atoms with E-state index in [0.29, 0.717) is 0 Å². The van der Waals surface area contributed by atoms with Gasteiger partial charge >= 0.3 is 0 Å². The Kier molecular flexibility index (Phi) is 3.37. The van der Waals surface area contributed by atoms with Crippen molar-refractivity contribution in [1.82, 2.24) is 4.98 Å². The number of pyridine rings is 1. The second kappa shape index (κ2) is 5.17. The maximum Gasteiger partial charge on any atom is 0.167 e. The molecule has 25 heavy (non-hydrogen) atoms. The van der Waals surface area contributed by atoms with Crippen molar-refractivity contribution in [2.75, 3.05) is 5.32 Å². The first-order chi connectivity index (χ1) is 11.7. The van der Waals surface area contributed by atoms with E-state index in [4.69, 9.17) is 0 Å². The van der Waals surface area contributed by atoms with Crippen LogP contribution >= 0.6 is 0 Å². The van der Waals surface area contributed by atoms with Crippen molar-refractivity contribution in [1.29, 1.82) is 0 Å². The molecule has 1 aliphatic heterocycles. The topological polar surface area (TPSA) is 42.0 Å². The molecule has 3 nitrogen and oxygen atoms in total. The van der Waals surface area contributed by atoms with E-state index < -0.39 is 11.0 Å². The van der Waals surface area contributed by atoms with Gasteiger partial charge in [-0.05, 0) is 99.4 Å². The fraction of sp³-hybridized carbons (Fsp3) is 0.455. The van der Waals surface area contributed by atoms with Gasteiger partial charge in [-0.3, -0.25) is 9.78 Å². The Morgan fingerprint density at radius 2 is 1.80 bits per heavy atom. The Bertz CT molecular complexity index is 893. The zero-order valence-electron chi connectivity index (χ0n) is 15.8. The van der Waals surface area contributed by atoms with Crippen molar-refractivity contribution in [2.24, 2.45) is 0 Å². The molecule has 0 atom stereocenters. The number of hydrogen-bond donors (Lipinski definition) is 1. The summed E-state index contributed by atoms with van der Waals surface area (Å²) in [6.45, 7) is 10.3. The Morgan fingerprint density at radius 3 is 2.52 bits per heavy atom. The summed E-state index contributed by atoms with van der Waals surface area (Å²) in [5.41, 5.74) is 7.90. The molecule has 0 radical (unpaired) electrons. The molecule has 0 saturated carbocycles. The van der Waals surface area contributed by atoms with Gasteiger partial charge in [-0.2, -0.15) is 0 Å². The van der Waals surface area contributed by atoms with E-state index in [2.05, 4.69) is 43.2 Å². The highest BCUT2D eigenvalue weighted by Crippen LogP contribution is 2.48. The number of benzene rings is 1. The summed E-state index contributed by atoms with van der Waals surface area (Å²) in [6.07, 6.45) is 7.16. The van der Waals surface area contributed by atoms with Crippen LogP contribution in [0.1, 0.15) is 56.4 Å². The highest BCUT2D eigenvalue weighted by molar-refractivity contribution is 6.04. The number of nitrogens with zero attached hydrogens (tertiary/aromatic N) is 1. The molecule has 1 N–H and O–H groups in total. The summed E-state index contributed by atoms with van der Waals surface area (Å²) in [7, 11) is 0. The number of aryl methyl sites for hydroxylation is 1. The summed E-state index contributed by atoms with van der Waals surface area (Å²) in [5, 5.41) is 3.57. The lowest BCUT2D eigenvalue weighted by molar-refractivity contribution is -0.127. The minimum absolute atomic E-state index is 0.253. The SMILES string of the molecule is Cc1cnccc1-c1cc2c(c3c1CCC3)NC(C)(C)C(=O)C2(C)C. The number of anilines is 1. The monoisotopic (exact) mass is 334 g/mol. The number of aromatic nitrogens is 1. The van der Waals surface area contributed by atoms with Crippen LogP contribution in [0.3, 0.4) is 0 Å². The number of hydrogen-bond acceptors (Lipinski definition) is 3. The fourth-order valence-electron chi connectivity index (χ4n) is 4.71. The molecule has 0 amide bonds. The molecule has 0 bridgehead atoms. The molecule has 4 rings (SSSR count). The molecule has 2 heterocycles. The maximum absolute atomic E-state index is 13.1. The lowest BCUT2D eigenvalue weighted by Gasteiger charge is -2.43. The zero-order valence-corrected chi connectivity index (χ0v) is 15.8. The fourth-order valence-corrected chi connectivity index (χ4v) is 4.71. The maximum atomic E-state index is 13.1. The zero-order chi connectivity index (χ0) is 18.0. The molecule has 0 unspecified atom stereocenters. The van der Waals surface area contributed by atoms with Crippen LogP contribution in [0.5, 0.6) is 0 Å². The van der Waals surface area contributed by atoms with Crippen LogP contribution < -0.4 is 5.32 Å². The summed E-state index contributed by atoms with van der Waals surface area (Å²) < 4.78 is 0. The van der Waals surface area contributed by atoms with Gasteiger partial charge in [-0.1, -0.05) is 0 Å². The predicted molar refractivity (Wildman–Crippen MR) is 102 cm³/mol. The van der Waals surface area contributed by atoms with Crippen molar-refractivity contribution >= 4 is 11.5 Å². The molecule has 2 aliphatic rings. The average Bonchev–Trinajstić information content (AvgIpc) is 3.03. The lowest BCUT2D eigenvalue weighted by atomic mass is 9.68. The molecule has 1 aromatic heterocycles. The van der Waals surface area contributed by atoms with Crippen LogP contribution in [-0.2, 0) is 23.1 Å². The third kappa shape index (κ3) is 2.25. The van der Waals surface area contributed by atoms with Crippen LogP contribution in [0.15, 0.2) is 24.5 Å². The minimum atomic E-state index is -0.527. The number of ketones is 1. The molecule has 130 valence electrons. The smallest absolute Gasteiger partial charge is 0.167 e. The van der Waals surface area contributed by atoms with E-state index in [1.807, 2.05) is 26.2 Å². The van der Waals surface area contributed by atoms with Crippen LogP contribution in [0.4, 0.5) is 5.69 Å². The van der Waals surface area contributed by atoms with Gasteiger partial charge in [0.05, 0.1) is 11.0 Å². The summed E-state index contributed by atoms with van der Waals surface area (Å²) >= 11 is 0. The van der Waals surface area contributed by atoms with Gasteiger partial charge in [-0.25, -0.2) is 0 Å². The number of fused-ring (bicyclic) bond motifs is 3. The van der Waals surface area contributed by atoms with Gasteiger partial charge in [0, 0.05) is 18.1 Å². The van der Waals surface area contributed by atoms with Crippen molar-refractivity contribution < 1.29 is 4.79 Å². The molecule has 3 heteroatoms. The highest BCUT2D eigenvalue weighted by atomic mass is 16.1. The summed E-state index contributed by atoms with van der Waals surface area (Å²) in [4.78, 5) is 17.3. The van der Waals surface area contributed by atoms with Gasteiger partial charge in [0.2, 0.25) is 0 Å². The largest absolute Gasteiger partial charge is 0.373 e. The molecule has 1 aromatic carbocycles. The first kappa shape index (κ1) is 16.3. The van der Waals surface area contributed by atoms with E-state index in [9.17, 15) is 4.79 Å². The van der Waals surface area contributed by atoms with Crippen LogP contribution in [0, 0.1) is 6.92 Å². The van der Waals surface area contributed by atoms with Crippen LogP contribution in [-0.4, -0.2) is 16.3 Å². The molecule has 0 spiro atoms. The average molecular weight is 334 g/mol. The highest BCUT2D eigenvalue weighted by Gasteiger charge is 2.47. The van der Waals surface area contributed by atoms with Crippen LogP contribution in [0.25, 0.3) is 11.1 Å². The Hall–Kier alpha value is -2.16. The predicted octanol–water partition coefficient (Wildman–Crippen LogP) is 4.60. The van der Waals surface area contributed by atoms with E-state index in [1.54, 1.807) is 0 Å². The van der Waals surface area contributed by atoms with Gasteiger partial charge in [-0.15, -0.1) is 0 Å². The van der Waals surface area contributed by atoms with E-state index in [1.165, 1.54) is 39.9 Å². The van der Waals surface area contributed by atoms with Gasteiger partial charge < -0.3 is 5.32 Å². The summed E-state index contributed by atoms with van der Waals surface area (Å²) in [6, 6.07) is 4.37. The molecule has 0 saturated heterocycles. The number of Topliss-reactive ketones (excluding diaryl/α,β-unsaturated/α-hetero) is 1. The molecular weight excluding hydrogens is 308 g/mol. The molecule has 2 aromatic rings. The Labute approximate surface area is 149 Å². The summed E-state index contributed by atoms with van der Waals surface area (Å²) in [5.74, 6) is 0.253. The molecule has 1 aliphatic carbocycles. The normalized spacial score (nSPS) is 20.0. The van der Waals surface area contributed by atoms with Gasteiger partial charge in [0.25, 0.3) is 0 Å². The number of carbonyl (C=O) groups is 1. The van der Waals surface area contributed by atoms with E-state index in [0.717, 1.165) is 18.4 Å². The first-order valence-electron chi connectivity index (χ1n) is 9.17. The van der Waals surface area contributed by atoms with Crippen molar-refractivity contribution in [2.45, 2.75) is 64.8 Å². The van der Waals surface area contributed by atoms with Gasteiger partial charge in [0.15, 0.2) is 5.78 Å². The third-order valence-electron chi connectivity index (χ3n) is 5.96. The van der Waals surface area contributed by atoms with Crippen molar-refractivity contribution in [3.63, 3.8) is 0 Å². The van der Waals surface area contributed by atoms with Gasteiger partial charge in [0.1, 0.15) is 0 Å². The first-order valence-corrected chi connectivity index (χ1v) is 9.17. The van der Waals surface area contributed by atoms with Crippen LogP contribution in [0.2, 0.25) is 0 Å². The molecule has 0 fully saturated rings. The van der Waals surface area contributed by atoms with Crippen molar-refractivity contribution in [3.8, 4) is 11.1 Å². The second-order valence-corrected chi connectivity index (χ2v) is 8.55. The number of rotatable bonds is 1.